The highest BCUT2D eigenvalue weighted by molar-refractivity contribution is 5.76. The van der Waals surface area contributed by atoms with Crippen molar-refractivity contribution in [2.75, 3.05) is 33.3 Å². The van der Waals surface area contributed by atoms with E-state index < -0.39 is 5.41 Å². The number of piperidine rings is 1. The van der Waals surface area contributed by atoms with Crippen LogP contribution in [0.4, 0.5) is 0 Å². The van der Waals surface area contributed by atoms with Crippen LogP contribution in [0.1, 0.15) is 34.1 Å². The third-order valence-corrected chi connectivity index (χ3v) is 3.98. The van der Waals surface area contributed by atoms with E-state index in [0.29, 0.717) is 18.5 Å². The molecule has 4 nitrogen and oxygen atoms in total. The predicted octanol–water partition coefficient (Wildman–Crippen LogP) is 1.51. The standard InChI is InChI=1S/C14H28N2O2/c1-6-16-8-7-12(11(2)9-16)15-10-14(3,4)13(17)18-5/h11-12,15H,6-10H2,1-5H3/t11-,12+/m0/s1. The number of rotatable bonds is 5. The van der Waals surface area contributed by atoms with Crippen molar-refractivity contribution in [3.63, 3.8) is 0 Å². The molecule has 1 aliphatic heterocycles. The molecule has 4 heteroatoms. The van der Waals surface area contributed by atoms with Gasteiger partial charge in [0.05, 0.1) is 12.5 Å². The quantitative estimate of drug-likeness (QED) is 0.757. The molecule has 1 fully saturated rings. The number of carbonyl (C=O) groups is 1. The molecule has 1 N–H and O–H groups in total. The Kier molecular flexibility index (Phi) is 5.60. The normalized spacial score (nSPS) is 26.1. The van der Waals surface area contributed by atoms with E-state index in [9.17, 15) is 4.79 Å². The van der Waals surface area contributed by atoms with Gasteiger partial charge in [0.2, 0.25) is 0 Å². The average molecular weight is 256 g/mol. The van der Waals surface area contributed by atoms with Gasteiger partial charge in [-0.2, -0.15) is 0 Å². The fourth-order valence-corrected chi connectivity index (χ4v) is 2.56. The number of carbonyl (C=O) groups excluding carboxylic acids is 1. The van der Waals surface area contributed by atoms with E-state index in [4.69, 9.17) is 4.74 Å². The number of nitrogens with one attached hydrogen (secondary N) is 1. The summed E-state index contributed by atoms with van der Waals surface area (Å²) in [5, 5.41) is 3.54. The van der Waals surface area contributed by atoms with Gasteiger partial charge in [-0.3, -0.25) is 4.79 Å². The van der Waals surface area contributed by atoms with Crippen LogP contribution in [0.5, 0.6) is 0 Å². The maximum Gasteiger partial charge on any atom is 0.312 e. The maximum atomic E-state index is 11.6. The Morgan fingerprint density at radius 2 is 2.17 bits per heavy atom. The van der Waals surface area contributed by atoms with Gasteiger partial charge < -0.3 is 15.0 Å². The zero-order valence-electron chi connectivity index (χ0n) is 12.5. The van der Waals surface area contributed by atoms with Crippen molar-refractivity contribution >= 4 is 5.97 Å². The summed E-state index contributed by atoms with van der Waals surface area (Å²) >= 11 is 0. The maximum absolute atomic E-state index is 11.6. The monoisotopic (exact) mass is 256 g/mol. The smallest absolute Gasteiger partial charge is 0.312 e. The van der Waals surface area contributed by atoms with Gasteiger partial charge in [-0.05, 0) is 39.3 Å². The summed E-state index contributed by atoms with van der Waals surface area (Å²) in [7, 11) is 1.45. The lowest BCUT2D eigenvalue weighted by atomic mass is 9.90. The van der Waals surface area contributed by atoms with Crippen LogP contribution in [-0.4, -0.2) is 50.2 Å². The Balaban J connectivity index is 2.42. The number of hydrogen-bond acceptors (Lipinski definition) is 4. The van der Waals surface area contributed by atoms with Gasteiger partial charge in [-0.1, -0.05) is 13.8 Å². The molecule has 1 rings (SSSR count). The van der Waals surface area contributed by atoms with E-state index in [1.54, 1.807) is 0 Å². The van der Waals surface area contributed by atoms with Crippen molar-refractivity contribution in [1.29, 1.82) is 0 Å². The molecule has 0 spiro atoms. The number of methoxy groups -OCH3 is 1. The first-order valence-electron chi connectivity index (χ1n) is 6.95. The molecular weight excluding hydrogens is 228 g/mol. The summed E-state index contributed by atoms with van der Waals surface area (Å²) in [6, 6.07) is 0.511. The third-order valence-electron chi connectivity index (χ3n) is 3.98. The van der Waals surface area contributed by atoms with Crippen LogP contribution in [0.15, 0.2) is 0 Å². The molecule has 1 saturated heterocycles. The molecule has 2 atom stereocenters. The van der Waals surface area contributed by atoms with Gasteiger partial charge in [0.1, 0.15) is 0 Å². The van der Waals surface area contributed by atoms with Crippen LogP contribution in [0.2, 0.25) is 0 Å². The van der Waals surface area contributed by atoms with Crippen LogP contribution in [0.25, 0.3) is 0 Å². The second kappa shape index (κ2) is 6.53. The highest BCUT2D eigenvalue weighted by Crippen LogP contribution is 2.20. The van der Waals surface area contributed by atoms with Crippen molar-refractivity contribution in [1.82, 2.24) is 10.2 Å². The van der Waals surface area contributed by atoms with Crippen molar-refractivity contribution < 1.29 is 9.53 Å². The largest absolute Gasteiger partial charge is 0.469 e. The second-order valence-corrected chi connectivity index (χ2v) is 6.02. The fourth-order valence-electron chi connectivity index (χ4n) is 2.56. The van der Waals surface area contributed by atoms with Gasteiger partial charge in [0, 0.05) is 19.1 Å². The van der Waals surface area contributed by atoms with Crippen molar-refractivity contribution in [3.8, 4) is 0 Å². The van der Waals surface area contributed by atoms with Crippen LogP contribution in [0.3, 0.4) is 0 Å². The van der Waals surface area contributed by atoms with Gasteiger partial charge in [-0.25, -0.2) is 0 Å². The minimum Gasteiger partial charge on any atom is -0.469 e. The van der Waals surface area contributed by atoms with Crippen molar-refractivity contribution in [2.24, 2.45) is 11.3 Å². The molecular formula is C14H28N2O2. The van der Waals surface area contributed by atoms with E-state index in [2.05, 4.69) is 24.1 Å². The molecule has 0 aliphatic carbocycles. The third kappa shape index (κ3) is 3.95. The molecule has 0 aromatic rings. The van der Waals surface area contributed by atoms with E-state index in [1.807, 2.05) is 13.8 Å². The van der Waals surface area contributed by atoms with E-state index in [0.717, 1.165) is 26.1 Å². The SMILES string of the molecule is CCN1CC[C@@H](NCC(C)(C)C(=O)OC)[C@@H](C)C1. The summed E-state index contributed by atoms with van der Waals surface area (Å²) in [5.41, 5.74) is -0.448. The molecule has 18 heavy (non-hydrogen) atoms. The molecule has 1 heterocycles. The van der Waals surface area contributed by atoms with Gasteiger partial charge in [-0.15, -0.1) is 0 Å². The van der Waals surface area contributed by atoms with Crippen LogP contribution in [0, 0.1) is 11.3 Å². The minimum absolute atomic E-state index is 0.145. The van der Waals surface area contributed by atoms with Gasteiger partial charge in [0.15, 0.2) is 0 Å². The first-order chi connectivity index (χ1) is 8.40. The molecule has 0 unspecified atom stereocenters. The van der Waals surface area contributed by atoms with Crippen LogP contribution in [-0.2, 0) is 9.53 Å². The topological polar surface area (TPSA) is 41.6 Å². The van der Waals surface area contributed by atoms with E-state index in [-0.39, 0.29) is 5.97 Å². The number of ether oxygens (including phenoxy) is 1. The number of hydrogen-bond donors (Lipinski definition) is 1. The number of esters is 1. The first-order valence-corrected chi connectivity index (χ1v) is 6.95. The fraction of sp³-hybridized carbons (Fsp3) is 0.929. The number of nitrogens with zero attached hydrogens (tertiary/aromatic N) is 1. The molecule has 1 aliphatic rings. The van der Waals surface area contributed by atoms with Gasteiger partial charge >= 0.3 is 5.97 Å². The average Bonchev–Trinajstić information content (AvgIpc) is 2.36. The molecule has 0 bridgehead atoms. The summed E-state index contributed by atoms with van der Waals surface area (Å²) in [4.78, 5) is 14.1. The minimum atomic E-state index is -0.448. The van der Waals surface area contributed by atoms with Gasteiger partial charge in [0.25, 0.3) is 0 Å². The Hall–Kier alpha value is -0.610. The lowest BCUT2D eigenvalue weighted by Gasteiger charge is -2.38. The Labute approximate surface area is 111 Å². The highest BCUT2D eigenvalue weighted by Gasteiger charge is 2.31. The summed E-state index contributed by atoms with van der Waals surface area (Å²) < 4.78 is 4.83. The zero-order valence-corrected chi connectivity index (χ0v) is 12.5. The Morgan fingerprint density at radius 1 is 1.50 bits per heavy atom. The molecule has 0 radical (unpaired) electrons. The second-order valence-electron chi connectivity index (χ2n) is 6.02. The van der Waals surface area contributed by atoms with Crippen LogP contribution < -0.4 is 5.32 Å². The van der Waals surface area contributed by atoms with Crippen molar-refractivity contribution in [3.05, 3.63) is 0 Å². The lowest BCUT2D eigenvalue weighted by molar-refractivity contribution is -0.150. The molecule has 106 valence electrons. The Bertz CT molecular complexity index is 279. The summed E-state index contributed by atoms with van der Waals surface area (Å²) in [6.45, 7) is 12.5. The summed E-state index contributed by atoms with van der Waals surface area (Å²) in [6.07, 6.45) is 1.16. The van der Waals surface area contributed by atoms with Crippen molar-refractivity contribution in [2.45, 2.75) is 40.2 Å². The summed E-state index contributed by atoms with van der Waals surface area (Å²) in [5.74, 6) is 0.487. The molecule has 0 saturated carbocycles. The Morgan fingerprint density at radius 3 is 2.67 bits per heavy atom. The predicted molar refractivity (Wildman–Crippen MR) is 73.5 cm³/mol. The highest BCUT2D eigenvalue weighted by atomic mass is 16.5. The lowest BCUT2D eigenvalue weighted by Crippen LogP contribution is -2.51. The molecule has 0 amide bonds. The molecule has 0 aromatic carbocycles. The zero-order chi connectivity index (χ0) is 13.8. The van der Waals surface area contributed by atoms with Crippen LogP contribution >= 0.6 is 0 Å². The molecule has 0 aromatic heterocycles. The first kappa shape index (κ1) is 15.4. The van der Waals surface area contributed by atoms with E-state index in [1.165, 1.54) is 7.11 Å². The van der Waals surface area contributed by atoms with E-state index >= 15 is 0 Å². The number of likely N-dealkylation sites (tertiary alicyclic amines) is 1.